The number of pyridine rings is 1. The van der Waals surface area contributed by atoms with Crippen LogP contribution in [0.15, 0.2) is 42.6 Å². The van der Waals surface area contributed by atoms with E-state index >= 15 is 0 Å². The largest absolute Gasteiger partial charge is 0.355 e. The van der Waals surface area contributed by atoms with E-state index < -0.39 is 0 Å². The molecule has 94 valence electrons. The maximum Gasteiger partial charge on any atom is 0.132 e. The van der Waals surface area contributed by atoms with Crippen LogP contribution in [0.3, 0.4) is 0 Å². The molecule has 0 spiro atoms. The van der Waals surface area contributed by atoms with Gasteiger partial charge in [0.1, 0.15) is 5.82 Å². The van der Waals surface area contributed by atoms with Crippen molar-refractivity contribution < 1.29 is 0 Å². The highest BCUT2D eigenvalue weighted by Gasteiger charge is 2.08. The smallest absolute Gasteiger partial charge is 0.132 e. The first kappa shape index (κ1) is 13.2. The minimum atomic E-state index is 0.461. The van der Waals surface area contributed by atoms with Gasteiger partial charge in [-0.3, -0.25) is 0 Å². The van der Waals surface area contributed by atoms with Gasteiger partial charge in [-0.1, -0.05) is 29.8 Å². The Kier molecular flexibility index (Phi) is 4.45. The molecule has 1 aromatic heterocycles. The molecule has 0 N–H and O–H groups in total. The number of hydrogen-bond acceptors (Lipinski definition) is 2. The molecule has 2 nitrogen and oxygen atoms in total. The van der Waals surface area contributed by atoms with Crippen molar-refractivity contribution in [1.82, 2.24) is 4.98 Å². The summed E-state index contributed by atoms with van der Waals surface area (Å²) in [6.07, 6.45) is 1.78. The lowest BCUT2D eigenvalue weighted by Gasteiger charge is -2.20. The lowest BCUT2D eigenvalue weighted by molar-refractivity contribution is 0.889. The van der Waals surface area contributed by atoms with Crippen LogP contribution in [0.4, 0.5) is 5.82 Å². The molecule has 18 heavy (non-hydrogen) atoms. The average molecular weight is 281 g/mol. The molecule has 1 aromatic carbocycles. The highest BCUT2D eigenvalue weighted by Crippen LogP contribution is 2.20. The van der Waals surface area contributed by atoms with Gasteiger partial charge >= 0.3 is 0 Å². The second-order valence-corrected chi connectivity index (χ2v) is 4.81. The third-order valence-corrected chi connectivity index (χ3v) is 3.20. The van der Waals surface area contributed by atoms with Crippen molar-refractivity contribution >= 4 is 29.0 Å². The van der Waals surface area contributed by atoms with Crippen molar-refractivity contribution in [1.29, 1.82) is 0 Å². The van der Waals surface area contributed by atoms with E-state index in [0.29, 0.717) is 5.88 Å². The van der Waals surface area contributed by atoms with E-state index in [2.05, 4.69) is 9.88 Å². The van der Waals surface area contributed by atoms with Crippen LogP contribution in [-0.2, 0) is 12.4 Å². The maximum atomic E-state index is 5.98. The molecule has 2 rings (SSSR count). The van der Waals surface area contributed by atoms with Crippen LogP contribution in [0.1, 0.15) is 11.1 Å². The fraction of sp³-hybridized carbons (Fsp3) is 0.214. The molecule has 0 saturated carbocycles. The Labute approximate surface area is 117 Å². The van der Waals surface area contributed by atoms with Crippen LogP contribution < -0.4 is 4.90 Å². The number of halogens is 2. The summed E-state index contributed by atoms with van der Waals surface area (Å²) < 4.78 is 0. The van der Waals surface area contributed by atoms with E-state index in [1.54, 1.807) is 6.20 Å². The number of benzene rings is 1. The van der Waals surface area contributed by atoms with Crippen molar-refractivity contribution in [2.45, 2.75) is 12.4 Å². The van der Waals surface area contributed by atoms with Crippen molar-refractivity contribution in [2.75, 3.05) is 11.9 Å². The Morgan fingerprint density at radius 3 is 2.78 bits per heavy atom. The molecule has 0 aliphatic heterocycles. The second kappa shape index (κ2) is 6.07. The highest BCUT2D eigenvalue weighted by atomic mass is 35.5. The highest BCUT2D eigenvalue weighted by molar-refractivity contribution is 6.30. The fourth-order valence-electron chi connectivity index (χ4n) is 1.86. The van der Waals surface area contributed by atoms with E-state index in [0.717, 1.165) is 28.5 Å². The van der Waals surface area contributed by atoms with E-state index in [4.69, 9.17) is 23.2 Å². The third-order valence-electron chi connectivity index (χ3n) is 2.68. The summed E-state index contributed by atoms with van der Waals surface area (Å²) in [7, 11) is 2.00. The van der Waals surface area contributed by atoms with Crippen LogP contribution in [0.5, 0.6) is 0 Å². The number of aromatic nitrogens is 1. The van der Waals surface area contributed by atoms with Crippen LogP contribution in [-0.4, -0.2) is 12.0 Å². The van der Waals surface area contributed by atoms with Crippen molar-refractivity contribution in [3.8, 4) is 0 Å². The zero-order valence-electron chi connectivity index (χ0n) is 10.1. The Balaban J connectivity index is 2.19. The van der Waals surface area contributed by atoms with Crippen LogP contribution in [0.25, 0.3) is 0 Å². The molecule has 4 heteroatoms. The number of anilines is 1. The van der Waals surface area contributed by atoms with E-state index in [1.807, 2.05) is 43.4 Å². The SMILES string of the molecule is CN(Cc1cccc(Cl)c1)c1ncccc1CCl. The van der Waals surface area contributed by atoms with Gasteiger partial charge in [-0.2, -0.15) is 0 Å². The molecule has 0 radical (unpaired) electrons. The zero-order valence-corrected chi connectivity index (χ0v) is 11.6. The molecule has 0 bridgehead atoms. The minimum Gasteiger partial charge on any atom is -0.355 e. The Hall–Kier alpha value is -1.25. The summed E-state index contributed by atoms with van der Waals surface area (Å²) >= 11 is 11.9. The van der Waals surface area contributed by atoms with E-state index in [9.17, 15) is 0 Å². The quantitative estimate of drug-likeness (QED) is 0.784. The average Bonchev–Trinajstić information content (AvgIpc) is 2.38. The van der Waals surface area contributed by atoms with Gasteiger partial charge in [-0.05, 0) is 23.8 Å². The topological polar surface area (TPSA) is 16.1 Å². The molecule has 0 aliphatic rings. The summed E-state index contributed by atoms with van der Waals surface area (Å²) in [6, 6.07) is 11.7. The first-order valence-corrected chi connectivity index (χ1v) is 6.57. The molecular weight excluding hydrogens is 267 g/mol. The van der Waals surface area contributed by atoms with Gasteiger partial charge in [0.25, 0.3) is 0 Å². The van der Waals surface area contributed by atoms with Gasteiger partial charge in [-0.25, -0.2) is 4.98 Å². The first-order chi connectivity index (χ1) is 8.70. The summed E-state index contributed by atoms with van der Waals surface area (Å²) in [6.45, 7) is 0.751. The number of nitrogens with zero attached hydrogens (tertiary/aromatic N) is 2. The summed E-state index contributed by atoms with van der Waals surface area (Å²) in [5.74, 6) is 1.37. The van der Waals surface area contributed by atoms with E-state index in [-0.39, 0.29) is 0 Å². The van der Waals surface area contributed by atoms with Crippen LogP contribution >= 0.6 is 23.2 Å². The minimum absolute atomic E-state index is 0.461. The van der Waals surface area contributed by atoms with Gasteiger partial charge in [0, 0.05) is 30.4 Å². The molecule has 2 aromatic rings. The van der Waals surface area contributed by atoms with Crippen molar-refractivity contribution in [3.05, 3.63) is 58.7 Å². The molecule has 0 atom stereocenters. The molecule has 0 unspecified atom stereocenters. The molecular formula is C14H14Cl2N2. The molecule has 0 fully saturated rings. The van der Waals surface area contributed by atoms with Gasteiger partial charge in [0.05, 0.1) is 5.88 Å². The van der Waals surface area contributed by atoms with Gasteiger partial charge in [-0.15, -0.1) is 11.6 Å². The number of alkyl halides is 1. The second-order valence-electron chi connectivity index (χ2n) is 4.11. The monoisotopic (exact) mass is 280 g/mol. The Morgan fingerprint density at radius 2 is 2.06 bits per heavy atom. The zero-order chi connectivity index (χ0) is 13.0. The van der Waals surface area contributed by atoms with Crippen molar-refractivity contribution in [3.63, 3.8) is 0 Å². The Morgan fingerprint density at radius 1 is 1.22 bits per heavy atom. The van der Waals surface area contributed by atoms with Crippen LogP contribution in [0, 0.1) is 0 Å². The van der Waals surface area contributed by atoms with Gasteiger partial charge in [0.15, 0.2) is 0 Å². The van der Waals surface area contributed by atoms with E-state index in [1.165, 1.54) is 0 Å². The maximum absolute atomic E-state index is 5.98. The lowest BCUT2D eigenvalue weighted by atomic mass is 10.2. The normalized spacial score (nSPS) is 10.4. The van der Waals surface area contributed by atoms with Crippen molar-refractivity contribution in [2.24, 2.45) is 0 Å². The standard InChI is InChI=1S/C14H14Cl2N2/c1-18(10-11-4-2-6-13(16)8-11)14-12(9-15)5-3-7-17-14/h2-8H,9-10H2,1H3. The predicted molar refractivity (Wildman–Crippen MR) is 77.4 cm³/mol. The molecule has 1 heterocycles. The third kappa shape index (κ3) is 3.15. The molecule has 0 aliphatic carbocycles. The Bertz CT molecular complexity index is 529. The summed E-state index contributed by atoms with van der Waals surface area (Å²) in [5.41, 5.74) is 2.18. The first-order valence-electron chi connectivity index (χ1n) is 5.66. The fourth-order valence-corrected chi connectivity index (χ4v) is 2.28. The summed E-state index contributed by atoms with van der Waals surface area (Å²) in [5, 5.41) is 0.750. The summed E-state index contributed by atoms with van der Waals surface area (Å²) in [4.78, 5) is 6.45. The number of hydrogen-bond donors (Lipinski definition) is 0. The molecule has 0 amide bonds. The molecule has 0 saturated heterocycles. The van der Waals surface area contributed by atoms with Crippen LogP contribution in [0.2, 0.25) is 5.02 Å². The lowest BCUT2D eigenvalue weighted by Crippen LogP contribution is -2.19. The van der Waals surface area contributed by atoms with Gasteiger partial charge in [0.2, 0.25) is 0 Å². The number of rotatable bonds is 4. The van der Waals surface area contributed by atoms with Gasteiger partial charge < -0.3 is 4.90 Å². The predicted octanol–water partition coefficient (Wildman–Crippen LogP) is 4.11.